The fourth-order valence-electron chi connectivity index (χ4n) is 2.73. The summed E-state index contributed by atoms with van der Waals surface area (Å²) in [6, 6.07) is 4.99. The number of nitrogens with one attached hydrogen (secondary N) is 1. The van der Waals surface area contributed by atoms with E-state index in [1.165, 1.54) is 7.11 Å². The van der Waals surface area contributed by atoms with Crippen LogP contribution in [0.4, 0.5) is 4.79 Å². The molecule has 1 aliphatic heterocycles. The van der Waals surface area contributed by atoms with Gasteiger partial charge in [0.25, 0.3) is 5.91 Å². The van der Waals surface area contributed by atoms with E-state index in [1.807, 2.05) is 19.1 Å². The van der Waals surface area contributed by atoms with Crippen LogP contribution in [0.15, 0.2) is 30.9 Å². The zero-order valence-corrected chi connectivity index (χ0v) is 15.4. The number of carbonyl (C=O) groups excluding carboxylic acids is 2. The van der Waals surface area contributed by atoms with Crippen LogP contribution in [0, 0.1) is 0 Å². The van der Waals surface area contributed by atoms with Gasteiger partial charge < -0.3 is 19.9 Å². The Morgan fingerprint density at radius 1 is 1.38 bits per heavy atom. The molecule has 1 fully saturated rings. The highest BCUT2D eigenvalue weighted by atomic mass is 16.5. The number of carbonyl (C=O) groups is 2. The average molecular weight is 362 g/mol. The molecule has 142 valence electrons. The molecule has 1 aliphatic rings. The summed E-state index contributed by atoms with van der Waals surface area (Å²) in [5.74, 6) is 0.690. The van der Waals surface area contributed by atoms with Gasteiger partial charge in [-0.25, -0.2) is 4.79 Å². The first-order valence-electron chi connectivity index (χ1n) is 8.57. The molecule has 7 nitrogen and oxygen atoms in total. The zero-order valence-electron chi connectivity index (χ0n) is 15.4. The number of hydrogen-bond acceptors (Lipinski definition) is 5. The number of hydrogen-bond donors (Lipinski definition) is 2. The molecular formula is C19H26N2O5. The summed E-state index contributed by atoms with van der Waals surface area (Å²) in [4.78, 5) is 25.4. The summed E-state index contributed by atoms with van der Waals surface area (Å²) >= 11 is 0. The van der Waals surface area contributed by atoms with Crippen molar-refractivity contribution in [2.24, 2.45) is 0 Å². The molecule has 1 heterocycles. The Kier molecular flexibility index (Phi) is 6.26. The summed E-state index contributed by atoms with van der Waals surface area (Å²) in [5, 5.41) is 12.9. The SMILES string of the molecule is C=CCc1ccc(OCC(O)CN2C(=O)NC(C)(CC)C2=O)c(OC)c1. The topological polar surface area (TPSA) is 88.1 Å². The van der Waals surface area contributed by atoms with Crippen molar-refractivity contribution >= 4 is 11.9 Å². The van der Waals surface area contributed by atoms with Gasteiger partial charge in [0.1, 0.15) is 18.2 Å². The van der Waals surface area contributed by atoms with Crippen molar-refractivity contribution in [2.75, 3.05) is 20.3 Å². The van der Waals surface area contributed by atoms with Crippen LogP contribution in [0.2, 0.25) is 0 Å². The van der Waals surface area contributed by atoms with Crippen molar-refractivity contribution < 1.29 is 24.2 Å². The van der Waals surface area contributed by atoms with Crippen LogP contribution in [0.25, 0.3) is 0 Å². The lowest BCUT2D eigenvalue weighted by molar-refractivity contribution is -0.132. The van der Waals surface area contributed by atoms with Crippen molar-refractivity contribution in [1.82, 2.24) is 10.2 Å². The number of rotatable bonds is 9. The van der Waals surface area contributed by atoms with Crippen LogP contribution < -0.4 is 14.8 Å². The number of imide groups is 1. The molecule has 2 N–H and O–H groups in total. The molecular weight excluding hydrogens is 336 g/mol. The van der Waals surface area contributed by atoms with Crippen LogP contribution in [0.3, 0.4) is 0 Å². The highest BCUT2D eigenvalue weighted by molar-refractivity contribution is 6.06. The first-order valence-corrected chi connectivity index (χ1v) is 8.57. The Labute approximate surface area is 153 Å². The fourth-order valence-corrected chi connectivity index (χ4v) is 2.73. The van der Waals surface area contributed by atoms with Crippen molar-refractivity contribution in [3.63, 3.8) is 0 Å². The van der Waals surface area contributed by atoms with E-state index in [2.05, 4.69) is 11.9 Å². The molecule has 0 aliphatic carbocycles. The van der Waals surface area contributed by atoms with E-state index in [-0.39, 0.29) is 19.1 Å². The molecule has 2 unspecified atom stereocenters. The third kappa shape index (κ3) is 4.16. The van der Waals surface area contributed by atoms with E-state index < -0.39 is 17.7 Å². The minimum atomic E-state index is -1.01. The number of ether oxygens (including phenoxy) is 2. The number of allylic oxidation sites excluding steroid dienone is 1. The number of urea groups is 1. The second-order valence-corrected chi connectivity index (χ2v) is 6.47. The quantitative estimate of drug-likeness (QED) is 0.517. The first kappa shape index (κ1) is 19.8. The largest absolute Gasteiger partial charge is 0.493 e. The first-order chi connectivity index (χ1) is 12.3. The number of benzene rings is 1. The van der Waals surface area contributed by atoms with Crippen LogP contribution in [0.5, 0.6) is 11.5 Å². The Morgan fingerprint density at radius 2 is 2.12 bits per heavy atom. The smallest absolute Gasteiger partial charge is 0.325 e. The third-order valence-electron chi connectivity index (χ3n) is 4.48. The minimum Gasteiger partial charge on any atom is -0.493 e. The van der Waals surface area contributed by atoms with E-state index >= 15 is 0 Å². The lowest BCUT2D eigenvalue weighted by atomic mass is 9.99. The lowest BCUT2D eigenvalue weighted by Gasteiger charge is -2.21. The normalized spacial score (nSPS) is 20.7. The van der Waals surface area contributed by atoms with Gasteiger partial charge in [-0.2, -0.15) is 0 Å². The van der Waals surface area contributed by atoms with E-state index in [9.17, 15) is 14.7 Å². The van der Waals surface area contributed by atoms with Crippen molar-refractivity contribution in [3.8, 4) is 11.5 Å². The van der Waals surface area contributed by atoms with Crippen molar-refractivity contribution in [1.29, 1.82) is 0 Å². The zero-order chi connectivity index (χ0) is 19.3. The van der Waals surface area contributed by atoms with Crippen LogP contribution in [0.1, 0.15) is 25.8 Å². The van der Waals surface area contributed by atoms with Crippen molar-refractivity contribution in [3.05, 3.63) is 36.4 Å². The van der Waals surface area contributed by atoms with E-state index in [1.54, 1.807) is 19.1 Å². The van der Waals surface area contributed by atoms with Gasteiger partial charge in [0.15, 0.2) is 11.5 Å². The Morgan fingerprint density at radius 3 is 2.69 bits per heavy atom. The fraction of sp³-hybridized carbons (Fsp3) is 0.474. The molecule has 0 aromatic heterocycles. The molecule has 0 bridgehead atoms. The predicted octanol–water partition coefficient (Wildman–Crippen LogP) is 1.88. The van der Waals surface area contributed by atoms with Gasteiger partial charge in [-0.15, -0.1) is 6.58 Å². The molecule has 1 aromatic carbocycles. The van der Waals surface area contributed by atoms with Gasteiger partial charge in [0.2, 0.25) is 0 Å². The summed E-state index contributed by atoms with van der Waals surface area (Å²) in [5.41, 5.74) is 0.116. The summed E-state index contributed by atoms with van der Waals surface area (Å²) < 4.78 is 10.9. The van der Waals surface area contributed by atoms with E-state index in [4.69, 9.17) is 9.47 Å². The van der Waals surface area contributed by atoms with Gasteiger partial charge in [0.05, 0.1) is 13.7 Å². The van der Waals surface area contributed by atoms with Crippen LogP contribution in [-0.2, 0) is 11.2 Å². The Balaban J connectivity index is 1.97. The summed E-state index contributed by atoms with van der Waals surface area (Å²) in [6.07, 6.45) is 1.97. The third-order valence-corrected chi connectivity index (χ3v) is 4.48. The Bertz CT molecular complexity index is 691. The van der Waals surface area contributed by atoms with Crippen LogP contribution >= 0.6 is 0 Å². The molecule has 26 heavy (non-hydrogen) atoms. The average Bonchev–Trinajstić information content (AvgIpc) is 2.84. The van der Waals surface area contributed by atoms with E-state index in [0.29, 0.717) is 24.3 Å². The maximum Gasteiger partial charge on any atom is 0.325 e. The maximum atomic E-state index is 12.3. The number of methoxy groups -OCH3 is 1. The number of nitrogens with zero attached hydrogens (tertiary/aromatic N) is 1. The van der Waals surface area contributed by atoms with Crippen molar-refractivity contribution in [2.45, 2.75) is 38.3 Å². The molecule has 1 aromatic rings. The molecule has 0 saturated carbocycles. The number of amides is 3. The monoisotopic (exact) mass is 362 g/mol. The van der Waals surface area contributed by atoms with Gasteiger partial charge in [-0.3, -0.25) is 9.69 Å². The molecule has 7 heteroatoms. The van der Waals surface area contributed by atoms with Gasteiger partial charge in [-0.1, -0.05) is 19.1 Å². The number of aliphatic hydroxyl groups excluding tert-OH is 1. The summed E-state index contributed by atoms with van der Waals surface area (Å²) in [7, 11) is 1.54. The molecule has 2 rings (SSSR count). The molecule has 1 saturated heterocycles. The number of aliphatic hydroxyl groups is 1. The van der Waals surface area contributed by atoms with Crippen LogP contribution in [-0.4, -0.2) is 53.8 Å². The minimum absolute atomic E-state index is 0.0724. The summed E-state index contributed by atoms with van der Waals surface area (Å²) in [6.45, 7) is 7.00. The molecule has 0 spiro atoms. The number of β-amino-alcohol motifs (C(OH)–C–C–N with tert-alkyl or cyclic N) is 1. The standard InChI is InChI=1S/C19H26N2O5/c1-5-7-13-8-9-15(16(10-13)25-4)26-12-14(22)11-21-17(23)19(3,6-2)20-18(21)24/h5,8-10,14,22H,1,6-7,11-12H2,2-4H3,(H,20,24). The highest BCUT2D eigenvalue weighted by Gasteiger charge is 2.46. The molecule has 2 atom stereocenters. The predicted molar refractivity (Wildman–Crippen MR) is 97.3 cm³/mol. The van der Waals surface area contributed by atoms with Gasteiger partial charge >= 0.3 is 6.03 Å². The maximum absolute atomic E-state index is 12.3. The van der Waals surface area contributed by atoms with Gasteiger partial charge in [-0.05, 0) is 37.5 Å². The second-order valence-electron chi connectivity index (χ2n) is 6.47. The highest BCUT2D eigenvalue weighted by Crippen LogP contribution is 2.28. The van der Waals surface area contributed by atoms with Gasteiger partial charge in [0, 0.05) is 0 Å². The Hall–Kier alpha value is -2.54. The molecule has 3 amide bonds. The van der Waals surface area contributed by atoms with E-state index in [0.717, 1.165) is 10.5 Å². The molecule has 0 radical (unpaired) electrons. The second kappa shape index (κ2) is 8.23. The lowest BCUT2D eigenvalue weighted by Crippen LogP contribution is -2.44.